The summed E-state index contributed by atoms with van der Waals surface area (Å²) in [6.07, 6.45) is 1.85. The number of methoxy groups -OCH3 is 1. The van der Waals surface area contributed by atoms with Gasteiger partial charge in [-0.2, -0.15) is 0 Å². The molecule has 0 atom stereocenters. The Morgan fingerprint density at radius 3 is 2.63 bits per heavy atom. The molecule has 2 amide bonds. The zero-order chi connectivity index (χ0) is 13.8. The first-order valence-electron chi connectivity index (χ1n) is 6.55. The Bertz CT molecular complexity index is 454. The molecule has 1 aromatic carbocycles. The van der Waals surface area contributed by atoms with Crippen LogP contribution in [-0.4, -0.2) is 37.2 Å². The highest BCUT2D eigenvalue weighted by Crippen LogP contribution is 2.23. The number of amides is 2. The Morgan fingerprint density at radius 2 is 2.11 bits per heavy atom. The van der Waals surface area contributed by atoms with Crippen molar-refractivity contribution in [2.45, 2.75) is 25.8 Å². The van der Waals surface area contributed by atoms with E-state index >= 15 is 0 Å². The van der Waals surface area contributed by atoms with Gasteiger partial charge in [-0.25, -0.2) is 4.79 Å². The topological polar surface area (TPSA) is 67.6 Å². The summed E-state index contributed by atoms with van der Waals surface area (Å²) >= 11 is 0. The number of ether oxygens (including phenoxy) is 1. The summed E-state index contributed by atoms with van der Waals surface area (Å²) in [5.41, 5.74) is 7.48. The second-order valence-corrected chi connectivity index (χ2v) is 4.93. The molecule has 3 N–H and O–H groups in total. The molecule has 2 rings (SSSR count). The van der Waals surface area contributed by atoms with Crippen molar-refractivity contribution < 1.29 is 9.53 Å². The lowest BCUT2D eigenvalue weighted by atomic mass is 10.0. The third-order valence-electron chi connectivity index (χ3n) is 3.57. The van der Waals surface area contributed by atoms with Crippen LogP contribution in [-0.2, 0) is 0 Å². The Labute approximate surface area is 113 Å². The van der Waals surface area contributed by atoms with Gasteiger partial charge in [0.15, 0.2) is 0 Å². The number of carbonyl (C=O) groups excluding carboxylic acids is 1. The van der Waals surface area contributed by atoms with Crippen molar-refractivity contribution in [3.05, 3.63) is 23.8 Å². The fourth-order valence-corrected chi connectivity index (χ4v) is 2.45. The smallest absolute Gasteiger partial charge is 0.314 e. The molecule has 0 saturated carbocycles. The van der Waals surface area contributed by atoms with Crippen LogP contribution in [0.15, 0.2) is 18.2 Å². The van der Waals surface area contributed by atoms with E-state index in [0.29, 0.717) is 6.04 Å². The monoisotopic (exact) mass is 263 g/mol. The van der Waals surface area contributed by atoms with Crippen molar-refractivity contribution >= 4 is 11.7 Å². The van der Waals surface area contributed by atoms with Gasteiger partial charge < -0.3 is 20.7 Å². The molecular weight excluding hydrogens is 242 g/mol. The number of carbonyl (C=O) groups is 1. The van der Waals surface area contributed by atoms with E-state index in [2.05, 4.69) is 11.4 Å². The molecule has 5 heteroatoms. The summed E-state index contributed by atoms with van der Waals surface area (Å²) < 4.78 is 5.24. The van der Waals surface area contributed by atoms with Crippen LogP contribution in [0.5, 0.6) is 5.75 Å². The number of nitrogens with two attached hydrogens (primary N) is 1. The van der Waals surface area contributed by atoms with E-state index < -0.39 is 0 Å². The van der Waals surface area contributed by atoms with Gasteiger partial charge in [0.25, 0.3) is 0 Å². The Morgan fingerprint density at radius 1 is 1.42 bits per heavy atom. The van der Waals surface area contributed by atoms with Crippen molar-refractivity contribution in [3.8, 4) is 5.75 Å². The molecule has 1 saturated heterocycles. The van der Waals surface area contributed by atoms with Crippen LogP contribution in [0.1, 0.15) is 18.4 Å². The van der Waals surface area contributed by atoms with Crippen LogP contribution < -0.4 is 15.8 Å². The summed E-state index contributed by atoms with van der Waals surface area (Å²) in [5.74, 6) is 0.897. The first kappa shape index (κ1) is 13.5. The van der Waals surface area contributed by atoms with Gasteiger partial charge >= 0.3 is 6.03 Å². The van der Waals surface area contributed by atoms with Gasteiger partial charge in [0.05, 0.1) is 7.11 Å². The van der Waals surface area contributed by atoms with Crippen molar-refractivity contribution in [1.82, 2.24) is 4.90 Å². The molecule has 1 heterocycles. The number of piperidine rings is 1. The number of nitrogens with one attached hydrogen (secondary N) is 1. The Balaban J connectivity index is 1.92. The highest BCUT2D eigenvalue weighted by atomic mass is 16.5. The van der Waals surface area contributed by atoms with E-state index in [0.717, 1.165) is 42.9 Å². The lowest BCUT2D eigenvalue weighted by Gasteiger charge is -2.31. The van der Waals surface area contributed by atoms with Crippen molar-refractivity contribution in [1.29, 1.82) is 0 Å². The zero-order valence-electron chi connectivity index (χ0n) is 11.5. The molecule has 0 aromatic heterocycles. The van der Waals surface area contributed by atoms with Gasteiger partial charge in [0.1, 0.15) is 5.75 Å². The summed E-state index contributed by atoms with van der Waals surface area (Å²) in [6.45, 7) is 3.48. The molecule has 5 nitrogen and oxygen atoms in total. The fourth-order valence-electron chi connectivity index (χ4n) is 2.45. The fraction of sp³-hybridized carbons (Fsp3) is 0.500. The molecule has 1 aliphatic heterocycles. The van der Waals surface area contributed by atoms with Gasteiger partial charge in [0, 0.05) is 24.8 Å². The zero-order valence-corrected chi connectivity index (χ0v) is 11.5. The van der Waals surface area contributed by atoms with Gasteiger partial charge in [-0.1, -0.05) is 0 Å². The average molecular weight is 263 g/mol. The largest absolute Gasteiger partial charge is 0.496 e. The van der Waals surface area contributed by atoms with Crippen LogP contribution in [0.3, 0.4) is 0 Å². The minimum Gasteiger partial charge on any atom is -0.496 e. The molecule has 104 valence electrons. The van der Waals surface area contributed by atoms with E-state index in [1.807, 2.05) is 19.1 Å². The average Bonchev–Trinajstić information content (AvgIpc) is 2.39. The van der Waals surface area contributed by atoms with E-state index in [9.17, 15) is 4.79 Å². The van der Waals surface area contributed by atoms with E-state index in [-0.39, 0.29) is 6.03 Å². The number of hydrogen-bond acceptors (Lipinski definition) is 3. The molecule has 1 aromatic rings. The summed E-state index contributed by atoms with van der Waals surface area (Å²) in [4.78, 5) is 12.7. The van der Waals surface area contributed by atoms with Crippen molar-refractivity contribution in [2.75, 3.05) is 25.5 Å². The van der Waals surface area contributed by atoms with Crippen LogP contribution in [0, 0.1) is 6.92 Å². The number of hydrogen-bond donors (Lipinski definition) is 2. The van der Waals surface area contributed by atoms with Crippen LogP contribution in [0.2, 0.25) is 0 Å². The highest BCUT2D eigenvalue weighted by molar-refractivity contribution is 5.72. The SMILES string of the molecule is COc1ccc(NC2CCN(C(N)=O)CC2)cc1C. The lowest BCUT2D eigenvalue weighted by molar-refractivity contribution is 0.193. The van der Waals surface area contributed by atoms with Crippen molar-refractivity contribution in [2.24, 2.45) is 5.73 Å². The maximum absolute atomic E-state index is 11.0. The van der Waals surface area contributed by atoms with Gasteiger partial charge in [-0.3, -0.25) is 0 Å². The number of anilines is 1. The summed E-state index contributed by atoms with van der Waals surface area (Å²) in [6, 6.07) is 6.14. The highest BCUT2D eigenvalue weighted by Gasteiger charge is 2.20. The second-order valence-electron chi connectivity index (χ2n) is 4.93. The van der Waals surface area contributed by atoms with E-state index in [4.69, 9.17) is 10.5 Å². The molecule has 0 aliphatic carbocycles. The van der Waals surface area contributed by atoms with E-state index in [1.54, 1.807) is 12.0 Å². The number of urea groups is 1. The molecule has 0 bridgehead atoms. The number of benzene rings is 1. The first-order valence-corrected chi connectivity index (χ1v) is 6.55. The van der Waals surface area contributed by atoms with E-state index in [1.165, 1.54) is 0 Å². The molecule has 1 aliphatic rings. The first-order chi connectivity index (χ1) is 9.10. The number of rotatable bonds is 3. The number of aryl methyl sites for hydroxylation is 1. The van der Waals surface area contributed by atoms with Crippen LogP contribution in [0.25, 0.3) is 0 Å². The minimum atomic E-state index is -0.321. The molecular formula is C14H21N3O2. The Hall–Kier alpha value is -1.91. The summed E-state index contributed by atoms with van der Waals surface area (Å²) in [5, 5.41) is 3.50. The normalized spacial score (nSPS) is 16.2. The number of nitrogens with zero attached hydrogens (tertiary/aromatic N) is 1. The third-order valence-corrected chi connectivity index (χ3v) is 3.57. The van der Waals surface area contributed by atoms with Crippen LogP contribution >= 0.6 is 0 Å². The van der Waals surface area contributed by atoms with Crippen LogP contribution in [0.4, 0.5) is 10.5 Å². The third kappa shape index (κ3) is 3.30. The van der Waals surface area contributed by atoms with Gasteiger partial charge in [-0.15, -0.1) is 0 Å². The number of likely N-dealkylation sites (tertiary alicyclic amines) is 1. The maximum Gasteiger partial charge on any atom is 0.314 e. The number of primary amides is 1. The predicted molar refractivity (Wildman–Crippen MR) is 75.5 cm³/mol. The summed E-state index contributed by atoms with van der Waals surface area (Å²) in [7, 11) is 1.68. The van der Waals surface area contributed by atoms with Gasteiger partial charge in [0.2, 0.25) is 0 Å². The standard InChI is InChI=1S/C14H21N3O2/c1-10-9-12(3-4-13(10)19-2)16-11-5-7-17(8-6-11)14(15)18/h3-4,9,11,16H,5-8H2,1-2H3,(H2,15,18). The second kappa shape index (κ2) is 5.82. The van der Waals surface area contributed by atoms with Gasteiger partial charge in [-0.05, 0) is 43.5 Å². The minimum absolute atomic E-state index is 0.321. The maximum atomic E-state index is 11.0. The molecule has 0 radical (unpaired) electrons. The Kier molecular flexibility index (Phi) is 4.14. The van der Waals surface area contributed by atoms with Crippen molar-refractivity contribution in [3.63, 3.8) is 0 Å². The quantitative estimate of drug-likeness (QED) is 0.876. The molecule has 1 fully saturated rings. The molecule has 19 heavy (non-hydrogen) atoms. The lowest BCUT2D eigenvalue weighted by Crippen LogP contribution is -2.44. The molecule has 0 spiro atoms. The molecule has 0 unspecified atom stereocenters. The predicted octanol–water partition coefficient (Wildman–Crippen LogP) is 1.96.